The summed E-state index contributed by atoms with van der Waals surface area (Å²) in [5.74, 6) is -2.34. The molecule has 0 aromatic heterocycles. The number of carbonyl (C=O) groups is 2. The van der Waals surface area contributed by atoms with Crippen LogP contribution in [0.4, 0.5) is 4.39 Å². The van der Waals surface area contributed by atoms with Gasteiger partial charge in [-0.3, -0.25) is 9.59 Å². The Morgan fingerprint density at radius 1 is 1.50 bits per heavy atom. The van der Waals surface area contributed by atoms with Crippen LogP contribution in [-0.4, -0.2) is 36.7 Å². The summed E-state index contributed by atoms with van der Waals surface area (Å²) >= 11 is 0. The second kappa shape index (κ2) is 6.85. The van der Waals surface area contributed by atoms with E-state index in [1.807, 2.05) is 0 Å². The van der Waals surface area contributed by atoms with Gasteiger partial charge in [0, 0.05) is 12.1 Å². The molecule has 0 aliphatic heterocycles. The Hall–Kier alpha value is -2.15. The van der Waals surface area contributed by atoms with Gasteiger partial charge in [-0.25, -0.2) is 4.39 Å². The van der Waals surface area contributed by atoms with E-state index in [-0.39, 0.29) is 17.9 Å². The summed E-state index contributed by atoms with van der Waals surface area (Å²) in [7, 11) is 1.35. The highest BCUT2D eigenvalue weighted by molar-refractivity contribution is 5.95. The van der Waals surface area contributed by atoms with Crippen LogP contribution in [0.15, 0.2) is 12.1 Å². The molecule has 0 heterocycles. The summed E-state index contributed by atoms with van der Waals surface area (Å²) < 4.78 is 18.7. The number of aliphatic carboxylic acids is 1. The normalized spacial score (nSPS) is 11.8. The molecule has 0 radical (unpaired) electrons. The van der Waals surface area contributed by atoms with Crippen LogP contribution in [0.3, 0.4) is 0 Å². The molecule has 0 unspecified atom stereocenters. The van der Waals surface area contributed by atoms with Crippen LogP contribution in [0.25, 0.3) is 0 Å². The number of halogens is 1. The number of carbonyl (C=O) groups excluding carboxylic acids is 1. The first-order valence-electron chi connectivity index (χ1n) is 6.03. The van der Waals surface area contributed by atoms with E-state index in [9.17, 15) is 14.0 Å². The Labute approximate surface area is 115 Å². The first kappa shape index (κ1) is 15.9. The Kier molecular flexibility index (Phi) is 5.45. The number of ether oxygens (including phenoxy) is 1. The zero-order valence-corrected chi connectivity index (χ0v) is 11.3. The van der Waals surface area contributed by atoms with E-state index in [4.69, 9.17) is 15.6 Å². The fraction of sp³-hybridized carbons (Fsp3) is 0.385. The quantitative estimate of drug-likeness (QED) is 0.707. The van der Waals surface area contributed by atoms with E-state index in [0.717, 1.165) is 6.07 Å². The summed E-state index contributed by atoms with van der Waals surface area (Å²) in [6.45, 7) is 1.57. The van der Waals surface area contributed by atoms with Gasteiger partial charge in [0.15, 0.2) is 11.6 Å². The van der Waals surface area contributed by atoms with Gasteiger partial charge in [-0.1, -0.05) is 6.92 Å². The first-order valence-corrected chi connectivity index (χ1v) is 6.03. The minimum Gasteiger partial charge on any atom is -0.493 e. The molecule has 20 heavy (non-hydrogen) atoms. The van der Waals surface area contributed by atoms with E-state index >= 15 is 0 Å². The predicted octanol–water partition coefficient (Wildman–Crippen LogP) is 0.538. The summed E-state index contributed by atoms with van der Waals surface area (Å²) in [5, 5.41) is 11.0. The van der Waals surface area contributed by atoms with Gasteiger partial charge in [-0.2, -0.15) is 0 Å². The second-order valence-corrected chi connectivity index (χ2v) is 4.16. The summed E-state index contributed by atoms with van der Waals surface area (Å²) in [6, 6.07) is 1.34. The van der Waals surface area contributed by atoms with Crippen molar-refractivity contribution >= 4 is 11.9 Å². The number of aryl methyl sites for hydroxylation is 1. The molecule has 0 saturated carbocycles. The highest BCUT2D eigenvalue weighted by Crippen LogP contribution is 2.24. The van der Waals surface area contributed by atoms with Crippen molar-refractivity contribution in [3.05, 3.63) is 29.1 Å². The van der Waals surface area contributed by atoms with Crippen LogP contribution in [0.5, 0.6) is 5.75 Å². The smallest absolute Gasteiger partial charge is 0.322 e. The van der Waals surface area contributed by atoms with Gasteiger partial charge >= 0.3 is 5.97 Å². The lowest BCUT2D eigenvalue weighted by molar-refractivity contribution is -0.138. The molecule has 1 rings (SSSR count). The minimum atomic E-state index is -1.22. The molecule has 0 aliphatic rings. The number of carboxylic acids is 1. The van der Waals surface area contributed by atoms with Gasteiger partial charge in [0.1, 0.15) is 6.04 Å². The number of nitrogens with one attached hydrogen (secondary N) is 1. The second-order valence-electron chi connectivity index (χ2n) is 4.16. The number of hydrogen-bond acceptors (Lipinski definition) is 4. The molecule has 4 N–H and O–H groups in total. The Balaban J connectivity index is 2.89. The van der Waals surface area contributed by atoms with E-state index in [0.29, 0.717) is 12.0 Å². The lowest BCUT2D eigenvalue weighted by Crippen LogP contribution is -2.42. The van der Waals surface area contributed by atoms with Gasteiger partial charge in [0.05, 0.1) is 7.11 Å². The maximum Gasteiger partial charge on any atom is 0.322 e. The Morgan fingerprint density at radius 2 is 2.15 bits per heavy atom. The molecule has 0 spiro atoms. The number of benzene rings is 1. The van der Waals surface area contributed by atoms with Gasteiger partial charge in [0.25, 0.3) is 5.91 Å². The fourth-order valence-corrected chi connectivity index (χ4v) is 1.66. The fourth-order valence-electron chi connectivity index (χ4n) is 1.66. The van der Waals surface area contributed by atoms with Crippen LogP contribution in [0.2, 0.25) is 0 Å². The minimum absolute atomic E-state index is 0.0951. The molecule has 7 heteroatoms. The van der Waals surface area contributed by atoms with Gasteiger partial charge in [-0.05, 0) is 24.1 Å². The Bertz CT molecular complexity index is 519. The number of nitrogens with two attached hydrogens (primary N) is 1. The van der Waals surface area contributed by atoms with Crippen molar-refractivity contribution < 1.29 is 23.8 Å². The number of amides is 1. The highest BCUT2D eigenvalue weighted by Gasteiger charge is 2.17. The van der Waals surface area contributed by atoms with Crippen LogP contribution < -0.4 is 15.8 Å². The molecule has 0 saturated heterocycles. The predicted molar refractivity (Wildman–Crippen MR) is 70.3 cm³/mol. The number of rotatable bonds is 6. The number of carboxylic acid groups (broad SMARTS) is 1. The summed E-state index contributed by atoms with van der Waals surface area (Å²) in [5.41, 5.74) is 5.92. The number of hydrogen-bond donors (Lipinski definition) is 3. The van der Waals surface area contributed by atoms with Crippen molar-refractivity contribution in [3.8, 4) is 5.75 Å². The first-order chi connectivity index (χ1) is 9.40. The molecule has 1 aromatic rings. The van der Waals surface area contributed by atoms with E-state index in [1.165, 1.54) is 13.2 Å². The maximum absolute atomic E-state index is 13.8. The molecule has 1 atom stereocenters. The molecule has 0 aliphatic carbocycles. The zero-order valence-electron chi connectivity index (χ0n) is 11.3. The summed E-state index contributed by atoms with van der Waals surface area (Å²) in [4.78, 5) is 22.4. The zero-order chi connectivity index (χ0) is 15.3. The standard InChI is InChI=1S/C13H17FN2O4/c1-3-7-4-8(5-9(14)11(7)20-2)12(17)16-6-10(15)13(18)19/h4-5,10H,3,6,15H2,1-2H3,(H,16,17)(H,18,19)/t10-/m1/s1. The number of methoxy groups -OCH3 is 1. The van der Waals surface area contributed by atoms with Crippen molar-refractivity contribution in [2.24, 2.45) is 5.73 Å². The van der Waals surface area contributed by atoms with E-state index in [2.05, 4.69) is 5.32 Å². The largest absolute Gasteiger partial charge is 0.493 e. The monoisotopic (exact) mass is 284 g/mol. The van der Waals surface area contributed by atoms with Gasteiger partial charge in [0.2, 0.25) is 0 Å². The molecule has 6 nitrogen and oxygen atoms in total. The van der Waals surface area contributed by atoms with Crippen molar-refractivity contribution in [2.75, 3.05) is 13.7 Å². The average molecular weight is 284 g/mol. The summed E-state index contributed by atoms with van der Waals surface area (Å²) in [6.07, 6.45) is 0.496. The van der Waals surface area contributed by atoms with Gasteiger partial charge in [-0.15, -0.1) is 0 Å². The van der Waals surface area contributed by atoms with Crippen molar-refractivity contribution in [1.29, 1.82) is 0 Å². The third kappa shape index (κ3) is 3.67. The van der Waals surface area contributed by atoms with E-state index in [1.54, 1.807) is 6.92 Å². The SMILES string of the molecule is CCc1cc(C(=O)NC[C@@H](N)C(=O)O)cc(F)c1OC. The molecular weight excluding hydrogens is 267 g/mol. The van der Waals surface area contributed by atoms with Crippen molar-refractivity contribution in [1.82, 2.24) is 5.32 Å². The van der Waals surface area contributed by atoms with Crippen LogP contribution in [-0.2, 0) is 11.2 Å². The van der Waals surface area contributed by atoms with Gasteiger partial charge < -0.3 is 20.9 Å². The Morgan fingerprint density at radius 3 is 2.65 bits per heavy atom. The molecule has 1 aromatic carbocycles. The topological polar surface area (TPSA) is 102 Å². The lowest BCUT2D eigenvalue weighted by Gasteiger charge is -2.12. The molecule has 0 bridgehead atoms. The third-order valence-corrected chi connectivity index (χ3v) is 2.77. The van der Waals surface area contributed by atoms with Crippen molar-refractivity contribution in [2.45, 2.75) is 19.4 Å². The van der Waals surface area contributed by atoms with Crippen molar-refractivity contribution in [3.63, 3.8) is 0 Å². The van der Waals surface area contributed by atoms with Crippen LogP contribution >= 0.6 is 0 Å². The van der Waals surface area contributed by atoms with Crippen LogP contribution in [0.1, 0.15) is 22.8 Å². The van der Waals surface area contributed by atoms with E-state index < -0.39 is 23.7 Å². The lowest BCUT2D eigenvalue weighted by atomic mass is 10.1. The maximum atomic E-state index is 13.8. The molecule has 1 amide bonds. The van der Waals surface area contributed by atoms with Crippen LogP contribution in [0, 0.1) is 5.82 Å². The average Bonchev–Trinajstić information content (AvgIpc) is 2.42. The highest BCUT2D eigenvalue weighted by atomic mass is 19.1. The third-order valence-electron chi connectivity index (χ3n) is 2.77. The molecule has 110 valence electrons. The molecule has 0 fully saturated rings. The molecular formula is C13H17FN2O4.